The lowest BCUT2D eigenvalue weighted by Gasteiger charge is -2.03. The number of aromatic nitrogens is 2. The van der Waals surface area contributed by atoms with E-state index < -0.39 is 0 Å². The van der Waals surface area contributed by atoms with Gasteiger partial charge >= 0.3 is 5.97 Å². The Balaban J connectivity index is 0.000000215. The third-order valence-corrected chi connectivity index (χ3v) is 5.32. The summed E-state index contributed by atoms with van der Waals surface area (Å²) in [4.78, 5) is 20.0. The molecule has 4 aromatic rings. The number of carbonyl (C=O) groups is 1. The SMILES string of the molecule is C.COC(=O)c1ccc2nc(C)c(Cl)cc2c1.Cc1nc2ccc(CO)cc2cc1Cl. The molecule has 31 heavy (non-hydrogen) atoms. The Morgan fingerprint density at radius 2 is 1.42 bits per heavy atom. The van der Waals surface area contributed by atoms with Crippen molar-refractivity contribution in [3.05, 3.63) is 81.1 Å². The predicted octanol–water partition coefficient (Wildman–Crippen LogP) is 6.31. The maximum Gasteiger partial charge on any atom is 0.337 e. The number of benzene rings is 2. The quantitative estimate of drug-likeness (QED) is 0.356. The zero-order chi connectivity index (χ0) is 21.8. The van der Waals surface area contributed by atoms with Crippen LogP contribution in [0, 0.1) is 13.8 Å². The lowest BCUT2D eigenvalue weighted by Crippen LogP contribution is -2.00. The lowest BCUT2D eigenvalue weighted by atomic mass is 10.1. The molecule has 0 aliphatic rings. The summed E-state index contributed by atoms with van der Waals surface area (Å²) in [5, 5.41) is 12.0. The molecule has 2 aromatic carbocycles. The first-order valence-electron chi connectivity index (χ1n) is 9.14. The van der Waals surface area contributed by atoms with Gasteiger partial charge in [-0.05, 0) is 61.9 Å². The molecule has 1 N–H and O–H groups in total. The smallest absolute Gasteiger partial charge is 0.337 e. The number of halogens is 2. The summed E-state index contributed by atoms with van der Waals surface area (Å²) in [6.07, 6.45) is 0. The minimum atomic E-state index is -0.362. The highest BCUT2D eigenvalue weighted by Gasteiger charge is 2.07. The monoisotopic (exact) mass is 458 g/mol. The molecule has 4 rings (SSSR count). The van der Waals surface area contributed by atoms with Crippen molar-refractivity contribution in [2.45, 2.75) is 27.9 Å². The van der Waals surface area contributed by atoms with Crippen LogP contribution in [0.1, 0.15) is 34.7 Å². The molecule has 0 aliphatic heterocycles. The summed E-state index contributed by atoms with van der Waals surface area (Å²) in [5.41, 5.74) is 4.70. The van der Waals surface area contributed by atoms with Crippen LogP contribution in [0.3, 0.4) is 0 Å². The third-order valence-electron chi connectivity index (χ3n) is 4.56. The Bertz CT molecular complexity index is 1240. The van der Waals surface area contributed by atoms with Gasteiger partial charge in [0.1, 0.15) is 0 Å². The summed E-state index contributed by atoms with van der Waals surface area (Å²) < 4.78 is 4.65. The summed E-state index contributed by atoms with van der Waals surface area (Å²) >= 11 is 11.9. The Labute approximate surface area is 191 Å². The molecule has 162 valence electrons. The van der Waals surface area contributed by atoms with Crippen LogP contribution in [0.2, 0.25) is 10.0 Å². The molecule has 0 fully saturated rings. The number of nitrogens with zero attached hydrogens (tertiary/aromatic N) is 2. The van der Waals surface area contributed by atoms with E-state index in [2.05, 4.69) is 14.7 Å². The van der Waals surface area contributed by atoms with Crippen LogP contribution in [0.5, 0.6) is 0 Å². The van der Waals surface area contributed by atoms with Crippen molar-refractivity contribution < 1.29 is 14.6 Å². The maximum absolute atomic E-state index is 11.3. The van der Waals surface area contributed by atoms with E-state index in [-0.39, 0.29) is 20.0 Å². The number of rotatable bonds is 2. The van der Waals surface area contributed by atoms with Gasteiger partial charge in [-0.25, -0.2) is 4.79 Å². The van der Waals surface area contributed by atoms with Crippen LogP contribution < -0.4 is 0 Å². The standard InChI is InChI=1S/C12H10ClNO2.C11H10ClNO.CH4/c1-7-10(13)6-9-5-8(12(15)16-2)3-4-11(9)14-7;1-7-10(12)5-9-4-8(6-14)2-3-11(9)13-7;/h3-6H,1-2H3;2-5,14H,6H2,1H3;1H4. The highest BCUT2D eigenvalue weighted by Crippen LogP contribution is 2.22. The molecular formula is C24H24Cl2N2O3. The van der Waals surface area contributed by atoms with Crippen LogP contribution in [-0.2, 0) is 11.3 Å². The van der Waals surface area contributed by atoms with Gasteiger partial charge in [0.15, 0.2) is 0 Å². The normalized spacial score (nSPS) is 10.3. The fourth-order valence-electron chi connectivity index (χ4n) is 2.89. The molecule has 5 nitrogen and oxygen atoms in total. The molecular weight excluding hydrogens is 435 g/mol. The van der Waals surface area contributed by atoms with Crippen molar-refractivity contribution in [3.63, 3.8) is 0 Å². The highest BCUT2D eigenvalue weighted by atomic mass is 35.5. The van der Waals surface area contributed by atoms with Gasteiger partial charge in [0.2, 0.25) is 0 Å². The number of hydrogen-bond acceptors (Lipinski definition) is 5. The van der Waals surface area contributed by atoms with Gasteiger partial charge in [0.25, 0.3) is 0 Å². The van der Waals surface area contributed by atoms with Crippen molar-refractivity contribution in [2.24, 2.45) is 0 Å². The molecule has 0 saturated heterocycles. The van der Waals surface area contributed by atoms with Gasteiger partial charge in [-0.1, -0.05) is 36.7 Å². The van der Waals surface area contributed by atoms with Crippen LogP contribution in [-0.4, -0.2) is 28.2 Å². The Hall–Kier alpha value is -2.73. The summed E-state index contributed by atoms with van der Waals surface area (Å²) in [5.74, 6) is -0.362. The predicted molar refractivity (Wildman–Crippen MR) is 127 cm³/mol. The van der Waals surface area contributed by atoms with Crippen molar-refractivity contribution in [1.29, 1.82) is 0 Å². The largest absolute Gasteiger partial charge is 0.465 e. The van der Waals surface area contributed by atoms with E-state index in [9.17, 15) is 4.79 Å². The van der Waals surface area contributed by atoms with E-state index in [0.717, 1.165) is 38.8 Å². The number of pyridine rings is 2. The summed E-state index contributed by atoms with van der Waals surface area (Å²) in [6.45, 7) is 3.76. The van der Waals surface area contributed by atoms with Crippen LogP contribution in [0.25, 0.3) is 21.8 Å². The molecule has 2 heterocycles. The Kier molecular flexibility index (Phi) is 8.34. The third kappa shape index (κ3) is 5.70. The zero-order valence-electron chi connectivity index (χ0n) is 16.7. The first-order chi connectivity index (χ1) is 14.3. The van der Waals surface area contributed by atoms with Gasteiger partial charge in [0.05, 0.1) is 51.7 Å². The maximum atomic E-state index is 11.3. The van der Waals surface area contributed by atoms with E-state index in [1.807, 2.05) is 38.1 Å². The average molecular weight is 459 g/mol. The average Bonchev–Trinajstić information content (AvgIpc) is 2.74. The van der Waals surface area contributed by atoms with Crippen molar-refractivity contribution in [2.75, 3.05) is 7.11 Å². The molecule has 0 bridgehead atoms. The van der Waals surface area contributed by atoms with Gasteiger partial charge < -0.3 is 9.84 Å². The minimum Gasteiger partial charge on any atom is -0.465 e. The fraction of sp³-hybridized carbons (Fsp3) is 0.208. The lowest BCUT2D eigenvalue weighted by molar-refractivity contribution is 0.0601. The number of aliphatic hydroxyl groups excluding tert-OH is 1. The minimum absolute atomic E-state index is 0. The van der Waals surface area contributed by atoms with Crippen molar-refractivity contribution in [1.82, 2.24) is 9.97 Å². The second kappa shape index (κ2) is 10.5. The first-order valence-corrected chi connectivity index (χ1v) is 9.90. The number of hydrogen-bond donors (Lipinski definition) is 1. The van der Waals surface area contributed by atoms with Gasteiger partial charge in [-0.3, -0.25) is 9.97 Å². The van der Waals surface area contributed by atoms with Crippen molar-refractivity contribution >= 4 is 51.0 Å². The number of aryl methyl sites for hydroxylation is 2. The molecule has 0 spiro atoms. The molecule has 0 unspecified atom stereocenters. The second-order valence-corrected chi connectivity index (χ2v) is 7.51. The van der Waals surface area contributed by atoms with Crippen LogP contribution in [0.4, 0.5) is 0 Å². The van der Waals surface area contributed by atoms with Gasteiger partial charge in [-0.2, -0.15) is 0 Å². The number of fused-ring (bicyclic) bond motifs is 2. The number of carbonyl (C=O) groups excluding carboxylic acids is 1. The molecule has 0 amide bonds. The fourth-order valence-corrected chi connectivity index (χ4v) is 3.21. The topological polar surface area (TPSA) is 72.3 Å². The summed E-state index contributed by atoms with van der Waals surface area (Å²) in [6, 6.07) is 14.5. The zero-order valence-corrected chi connectivity index (χ0v) is 18.3. The van der Waals surface area contributed by atoms with Gasteiger partial charge in [-0.15, -0.1) is 0 Å². The number of esters is 1. The second-order valence-electron chi connectivity index (χ2n) is 6.70. The van der Waals surface area contributed by atoms with E-state index in [1.54, 1.807) is 24.3 Å². The summed E-state index contributed by atoms with van der Waals surface area (Å²) in [7, 11) is 1.35. The van der Waals surface area contributed by atoms with E-state index in [4.69, 9.17) is 28.3 Å². The van der Waals surface area contributed by atoms with E-state index in [1.165, 1.54) is 7.11 Å². The van der Waals surface area contributed by atoms with E-state index in [0.29, 0.717) is 15.6 Å². The molecule has 0 aliphatic carbocycles. The number of aliphatic hydroxyl groups is 1. The molecule has 0 saturated carbocycles. The first kappa shape index (κ1) is 24.5. The molecule has 7 heteroatoms. The number of methoxy groups -OCH3 is 1. The van der Waals surface area contributed by atoms with E-state index >= 15 is 0 Å². The van der Waals surface area contributed by atoms with Gasteiger partial charge in [0, 0.05) is 10.8 Å². The molecule has 0 atom stereocenters. The highest BCUT2D eigenvalue weighted by molar-refractivity contribution is 6.32. The van der Waals surface area contributed by atoms with Crippen molar-refractivity contribution in [3.8, 4) is 0 Å². The number of ether oxygens (including phenoxy) is 1. The Morgan fingerprint density at radius 1 is 0.903 bits per heavy atom. The molecule has 2 aromatic heterocycles. The molecule has 0 radical (unpaired) electrons. The Morgan fingerprint density at radius 3 is 1.94 bits per heavy atom. The van der Waals surface area contributed by atoms with Crippen LogP contribution in [0.15, 0.2) is 48.5 Å². The van der Waals surface area contributed by atoms with Crippen LogP contribution >= 0.6 is 23.2 Å².